The molecule has 132 valence electrons. The highest BCUT2D eigenvalue weighted by Gasteiger charge is 2.41. The molecule has 2 saturated carbocycles. The van der Waals surface area contributed by atoms with Crippen LogP contribution in [0.3, 0.4) is 0 Å². The summed E-state index contributed by atoms with van der Waals surface area (Å²) in [7, 11) is 0. The SMILES string of the molecule is O=C(Nc1nc(C2CC3CCC2C3)cs1)NC1CCc2nc[nH]c2C1. The molecule has 7 heteroatoms. The van der Waals surface area contributed by atoms with E-state index in [1.807, 2.05) is 0 Å². The zero-order valence-corrected chi connectivity index (χ0v) is 14.9. The van der Waals surface area contributed by atoms with Crippen molar-refractivity contribution in [2.75, 3.05) is 5.32 Å². The van der Waals surface area contributed by atoms with Gasteiger partial charge in [-0.25, -0.2) is 14.8 Å². The molecule has 25 heavy (non-hydrogen) atoms. The zero-order chi connectivity index (χ0) is 16.8. The summed E-state index contributed by atoms with van der Waals surface area (Å²) in [6.45, 7) is 0. The Balaban J connectivity index is 1.18. The van der Waals surface area contributed by atoms with Gasteiger partial charge in [0.05, 0.1) is 17.7 Å². The number of carbonyl (C=O) groups is 1. The number of nitrogens with one attached hydrogen (secondary N) is 3. The summed E-state index contributed by atoms with van der Waals surface area (Å²) in [5.74, 6) is 2.35. The van der Waals surface area contributed by atoms with Crippen LogP contribution in [0.1, 0.15) is 55.1 Å². The number of H-pyrrole nitrogens is 1. The molecule has 0 radical (unpaired) electrons. The molecule has 0 aromatic carbocycles. The Morgan fingerprint density at radius 1 is 1.28 bits per heavy atom. The third-order valence-electron chi connectivity index (χ3n) is 6.18. The van der Waals surface area contributed by atoms with Gasteiger partial charge in [-0.15, -0.1) is 11.3 Å². The molecule has 2 amide bonds. The molecule has 2 heterocycles. The van der Waals surface area contributed by atoms with Gasteiger partial charge in [-0.2, -0.15) is 0 Å². The van der Waals surface area contributed by atoms with E-state index in [1.54, 1.807) is 17.7 Å². The maximum Gasteiger partial charge on any atom is 0.321 e. The predicted octanol–water partition coefficient (Wildman–Crippen LogP) is 3.45. The van der Waals surface area contributed by atoms with Crippen LogP contribution in [-0.2, 0) is 12.8 Å². The molecule has 2 aromatic heterocycles. The van der Waals surface area contributed by atoms with Crippen LogP contribution < -0.4 is 10.6 Å². The fourth-order valence-electron chi connectivity index (χ4n) is 4.96. The van der Waals surface area contributed by atoms with Crippen LogP contribution in [0.5, 0.6) is 0 Å². The molecule has 2 fully saturated rings. The van der Waals surface area contributed by atoms with E-state index in [1.165, 1.54) is 31.4 Å². The molecule has 2 aromatic rings. The summed E-state index contributed by atoms with van der Waals surface area (Å²) in [4.78, 5) is 24.5. The van der Waals surface area contributed by atoms with Crippen LogP contribution in [0.25, 0.3) is 0 Å². The molecule has 4 atom stereocenters. The highest BCUT2D eigenvalue weighted by Crippen LogP contribution is 2.52. The van der Waals surface area contributed by atoms with E-state index < -0.39 is 0 Å². The molecule has 6 nitrogen and oxygen atoms in total. The molecule has 5 rings (SSSR count). The smallest absolute Gasteiger partial charge is 0.321 e. The van der Waals surface area contributed by atoms with Crippen LogP contribution in [0.2, 0.25) is 0 Å². The Hall–Kier alpha value is -1.89. The number of rotatable bonds is 3. The summed E-state index contributed by atoms with van der Waals surface area (Å²) >= 11 is 1.54. The fourth-order valence-corrected chi connectivity index (χ4v) is 5.73. The number of carbonyl (C=O) groups excluding carboxylic acids is 1. The summed E-state index contributed by atoms with van der Waals surface area (Å²) < 4.78 is 0. The van der Waals surface area contributed by atoms with E-state index in [4.69, 9.17) is 4.98 Å². The van der Waals surface area contributed by atoms with Crippen LogP contribution in [-0.4, -0.2) is 27.0 Å². The minimum atomic E-state index is -0.151. The minimum Gasteiger partial charge on any atom is -0.348 e. The van der Waals surface area contributed by atoms with Crippen LogP contribution >= 0.6 is 11.3 Å². The number of anilines is 1. The number of imidazole rings is 1. The summed E-state index contributed by atoms with van der Waals surface area (Å²) in [6.07, 6.45) is 9.81. The van der Waals surface area contributed by atoms with Crippen molar-refractivity contribution in [1.29, 1.82) is 0 Å². The number of aryl methyl sites for hydroxylation is 1. The average Bonchev–Trinajstić information content (AvgIpc) is 3.38. The number of nitrogens with zero attached hydrogens (tertiary/aromatic N) is 2. The van der Waals surface area contributed by atoms with Crippen molar-refractivity contribution in [1.82, 2.24) is 20.3 Å². The van der Waals surface area contributed by atoms with Crippen molar-refractivity contribution in [2.24, 2.45) is 11.8 Å². The van der Waals surface area contributed by atoms with Crippen LogP contribution in [0, 0.1) is 11.8 Å². The van der Waals surface area contributed by atoms with Crippen molar-refractivity contribution in [3.05, 3.63) is 28.8 Å². The number of urea groups is 1. The molecule has 3 aliphatic rings. The molecular formula is C18H23N5OS. The van der Waals surface area contributed by atoms with Gasteiger partial charge in [-0.3, -0.25) is 5.32 Å². The van der Waals surface area contributed by atoms with Crippen molar-refractivity contribution in [2.45, 2.75) is 56.9 Å². The van der Waals surface area contributed by atoms with E-state index >= 15 is 0 Å². The summed E-state index contributed by atoms with van der Waals surface area (Å²) in [6, 6.07) is -0.000225. The number of fused-ring (bicyclic) bond motifs is 3. The van der Waals surface area contributed by atoms with Crippen LogP contribution in [0.15, 0.2) is 11.7 Å². The molecule has 0 spiro atoms. The first-order valence-electron chi connectivity index (χ1n) is 9.28. The molecule has 2 bridgehead atoms. The van der Waals surface area contributed by atoms with Gasteiger partial charge in [0.15, 0.2) is 5.13 Å². The molecule has 3 N–H and O–H groups in total. The van der Waals surface area contributed by atoms with Crippen molar-refractivity contribution >= 4 is 22.5 Å². The molecule has 0 aliphatic heterocycles. The Morgan fingerprint density at radius 2 is 2.24 bits per heavy atom. The minimum absolute atomic E-state index is 0.151. The number of hydrogen-bond donors (Lipinski definition) is 3. The topological polar surface area (TPSA) is 82.7 Å². The van der Waals surface area contributed by atoms with Crippen molar-refractivity contribution in [3.8, 4) is 0 Å². The fraction of sp³-hybridized carbons (Fsp3) is 0.611. The largest absolute Gasteiger partial charge is 0.348 e. The normalized spacial score (nSPS) is 30.2. The van der Waals surface area contributed by atoms with Gasteiger partial charge in [0.1, 0.15) is 0 Å². The Labute approximate surface area is 150 Å². The number of aromatic nitrogens is 3. The maximum atomic E-state index is 12.3. The van der Waals surface area contributed by atoms with Gasteiger partial charge in [0.25, 0.3) is 0 Å². The number of thiazole rings is 1. The average molecular weight is 357 g/mol. The van der Waals surface area contributed by atoms with E-state index in [0.717, 1.165) is 42.5 Å². The molecular weight excluding hydrogens is 334 g/mol. The van der Waals surface area contributed by atoms with Crippen LogP contribution in [0.4, 0.5) is 9.93 Å². The number of hydrogen-bond acceptors (Lipinski definition) is 4. The molecule has 4 unspecified atom stereocenters. The van der Waals surface area contributed by atoms with Gasteiger partial charge in [0.2, 0.25) is 0 Å². The molecule has 0 saturated heterocycles. The lowest BCUT2D eigenvalue weighted by Crippen LogP contribution is -2.41. The Kier molecular flexibility index (Phi) is 3.77. The predicted molar refractivity (Wildman–Crippen MR) is 96.9 cm³/mol. The second-order valence-corrected chi connectivity index (χ2v) is 8.58. The third kappa shape index (κ3) is 2.94. The number of amides is 2. The second-order valence-electron chi connectivity index (χ2n) is 7.72. The van der Waals surface area contributed by atoms with Gasteiger partial charge in [-0.05, 0) is 43.9 Å². The van der Waals surface area contributed by atoms with E-state index in [-0.39, 0.29) is 12.1 Å². The van der Waals surface area contributed by atoms with E-state index in [2.05, 4.69) is 26.0 Å². The van der Waals surface area contributed by atoms with E-state index in [0.29, 0.717) is 11.0 Å². The highest BCUT2D eigenvalue weighted by atomic mass is 32.1. The van der Waals surface area contributed by atoms with Crippen molar-refractivity contribution in [3.63, 3.8) is 0 Å². The highest BCUT2D eigenvalue weighted by molar-refractivity contribution is 7.13. The standard InChI is InChI=1S/C18H23N5OS/c24-17(21-12-3-4-14-15(7-12)20-9-19-14)23-18-22-16(8-25-18)13-6-10-1-2-11(13)5-10/h8-13H,1-7H2,(H,19,20)(H2,21,22,23,24). The van der Waals surface area contributed by atoms with Crippen molar-refractivity contribution < 1.29 is 4.79 Å². The third-order valence-corrected chi connectivity index (χ3v) is 6.96. The van der Waals surface area contributed by atoms with Gasteiger partial charge >= 0.3 is 6.03 Å². The van der Waals surface area contributed by atoms with Gasteiger partial charge < -0.3 is 10.3 Å². The number of aromatic amines is 1. The summed E-state index contributed by atoms with van der Waals surface area (Å²) in [5.41, 5.74) is 3.46. The monoisotopic (exact) mass is 357 g/mol. The first-order chi connectivity index (χ1) is 12.2. The lowest BCUT2D eigenvalue weighted by molar-refractivity contribution is 0.247. The van der Waals surface area contributed by atoms with Gasteiger partial charge in [0, 0.05) is 29.5 Å². The summed E-state index contributed by atoms with van der Waals surface area (Å²) in [5, 5.41) is 8.85. The first kappa shape index (κ1) is 15.4. The maximum absolute atomic E-state index is 12.3. The van der Waals surface area contributed by atoms with E-state index in [9.17, 15) is 4.79 Å². The second kappa shape index (κ2) is 6.12. The Morgan fingerprint density at radius 3 is 3.08 bits per heavy atom. The lowest BCUT2D eigenvalue weighted by atomic mass is 9.87. The zero-order valence-electron chi connectivity index (χ0n) is 14.1. The quantitative estimate of drug-likeness (QED) is 0.787. The Bertz CT molecular complexity index is 784. The first-order valence-corrected chi connectivity index (χ1v) is 10.2. The lowest BCUT2D eigenvalue weighted by Gasteiger charge is -2.22. The molecule has 3 aliphatic carbocycles. The van der Waals surface area contributed by atoms with Gasteiger partial charge in [-0.1, -0.05) is 6.42 Å².